The summed E-state index contributed by atoms with van der Waals surface area (Å²) in [4.78, 5) is 10.8. The maximum atomic E-state index is 4.81. The topological polar surface area (TPSA) is 37.8 Å². The standard InChI is InChI=1S/C15H23N3S2/c1-6-7-12-18-13(9(2)3)14(20-12)11-8-19-15(17-11)16-10(4)5/h8-10H,6-7H2,1-5H3,(H,16,17). The molecule has 0 aliphatic heterocycles. The lowest BCUT2D eigenvalue weighted by molar-refractivity contribution is 0.813. The predicted octanol–water partition coefficient (Wildman–Crippen LogP) is 5.16. The van der Waals surface area contributed by atoms with Crippen molar-refractivity contribution in [3.05, 3.63) is 16.1 Å². The monoisotopic (exact) mass is 309 g/mol. The van der Waals surface area contributed by atoms with Crippen LogP contribution in [0.15, 0.2) is 5.38 Å². The van der Waals surface area contributed by atoms with E-state index in [4.69, 9.17) is 9.97 Å². The first kappa shape index (κ1) is 15.4. The molecule has 20 heavy (non-hydrogen) atoms. The quantitative estimate of drug-likeness (QED) is 0.800. The van der Waals surface area contributed by atoms with E-state index >= 15 is 0 Å². The van der Waals surface area contributed by atoms with Gasteiger partial charge in [0.2, 0.25) is 0 Å². The maximum absolute atomic E-state index is 4.81. The van der Waals surface area contributed by atoms with Crippen molar-refractivity contribution < 1.29 is 0 Å². The molecule has 0 fully saturated rings. The Morgan fingerprint density at radius 2 is 1.95 bits per heavy atom. The van der Waals surface area contributed by atoms with E-state index in [0.717, 1.165) is 23.7 Å². The van der Waals surface area contributed by atoms with E-state index in [9.17, 15) is 0 Å². The second-order valence-electron chi connectivity index (χ2n) is 5.56. The van der Waals surface area contributed by atoms with Crippen LogP contribution in [0.3, 0.4) is 0 Å². The summed E-state index contributed by atoms with van der Waals surface area (Å²) in [6, 6.07) is 0.413. The van der Waals surface area contributed by atoms with Gasteiger partial charge in [0.25, 0.3) is 0 Å². The number of nitrogens with zero attached hydrogens (tertiary/aromatic N) is 2. The number of aromatic nitrogens is 2. The number of hydrogen-bond acceptors (Lipinski definition) is 5. The molecule has 5 heteroatoms. The molecule has 110 valence electrons. The highest BCUT2D eigenvalue weighted by molar-refractivity contribution is 7.16. The molecule has 0 bridgehead atoms. The van der Waals surface area contributed by atoms with Crippen molar-refractivity contribution >= 4 is 27.8 Å². The lowest BCUT2D eigenvalue weighted by atomic mass is 10.1. The summed E-state index contributed by atoms with van der Waals surface area (Å²) in [6.07, 6.45) is 2.20. The molecule has 0 atom stereocenters. The van der Waals surface area contributed by atoms with Crippen molar-refractivity contribution in [2.45, 2.75) is 59.4 Å². The van der Waals surface area contributed by atoms with Crippen molar-refractivity contribution in [3.8, 4) is 10.6 Å². The summed E-state index contributed by atoms with van der Waals surface area (Å²) in [5, 5.41) is 7.74. The van der Waals surface area contributed by atoms with E-state index in [0.29, 0.717) is 12.0 Å². The summed E-state index contributed by atoms with van der Waals surface area (Å²) < 4.78 is 0. The van der Waals surface area contributed by atoms with Crippen molar-refractivity contribution in [1.82, 2.24) is 9.97 Å². The van der Waals surface area contributed by atoms with Crippen LogP contribution in [0.25, 0.3) is 10.6 Å². The van der Waals surface area contributed by atoms with Crippen LogP contribution in [-0.4, -0.2) is 16.0 Å². The molecule has 1 N–H and O–H groups in total. The molecular weight excluding hydrogens is 286 g/mol. The third-order valence-corrected chi connectivity index (χ3v) is 4.78. The second-order valence-corrected chi connectivity index (χ2v) is 7.51. The lowest BCUT2D eigenvalue weighted by Gasteiger charge is -2.05. The van der Waals surface area contributed by atoms with Gasteiger partial charge in [-0.1, -0.05) is 20.8 Å². The minimum absolute atomic E-state index is 0.413. The predicted molar refractivity (Wildman–Crippen MR) is 90.1 cm³/mol. The van der Waals surface area contributed by atoms with Gasteiger partial charge in [0.1, 0.15) is 0 Å². The molecule has 0 spiro atoms. The summed E-state index contributed by atoms with van der Waals surface area (Å²) in [7, 11) is 0. The van der Waals surface area contributed by atoms with Gasteiger partial charge >= 0.3 is 0 Å². The van der Waals surface area contributed by atoms with E-state index in [1.54, 1.807) is 22.7 Å². The van der Waals surface area contributed by atoms with E-state index in [1.165, 1.54) is 15.6 Å². The normalized spacial score (nSPS) is 11.6. The highest BCUT2D eigenvalue weighted by Crippen LogP contribution is 2.36. The van der Waals surface area contributed by atoms with E-state index in [-0.39, 0.29) is 0 Å². The van der Waals surface area contributed by atoms with Crippen molar-refractivity contribution in [1.29, 1.82) is 0 Å². The van der Waals surface area contributed by atoms with Crippen LogP contribution in [0.1, 0.15) is 57.7 Å². The molecule has 0 saturated carbocycles. The number of aryl methyl sites for hydroxylation is 1. The number of anilines is 1. The first-order valence-corrected chi connectivity index (χ1v) is 8.92. The summed E-state index contributed by atoms with van der Waals surface area (Å²) >= 11 is 3.48. The molecule has 0 saturated heterocycles. The third-order valence-electron chi connectivity index (χ3n) is 2.86. The summed E-state index contributed by atoms with van der Waals surface area (Å²) in [6.45, 7) is 10.9. The van der Waals surface area contributed by atoms with E-state index in [1.807, 2.05) is 0 Å². The zero-order valence-corrected chi connectivity index (χ0v) is 14.5. The minimum Gasteiger partial charge on any atom is -0.359 e. The fraction of sp³-hybridized carbons (Fsp3) is 0.600. The molecule has 0 radical (unpaired) electrons. The van der Waals surface area contributed by atoms with Crippen LogP contribution >= 0.6 is 22.7 Å². The zero-order valence-electron chi connectivity index (χ0n) is 12.9. The molecule has 2 aromatic rings. The summed E-state index contributed by atoms with van der Waals surface area (Å²) in [5.41, 5.74) is 2.27. The van der Waals surface area contributed by atoms with E-state index < -0.39 is 0 Å². The number of hydrogen-bond donors (Lipinski definition) is 1. The molecule has 3 nitrogen and oxygen atoms in total. The smallest absolute Gasteiger partial charge is 0.183 e. The highest BCUT2D eigenvalue weighted by Gasteiger charge is 2.18. The van der Waals surface area contributed by atoms with Crippen molar-refractivity contribution in [2.24, 2.45) is 0 Å². The van der Waals surface area contributed by atoms with Gasteiger partial charge in [-0.2, -0.15) is 0 Å². The Morgan fingerprint density at radius 1 is 1.20 bits per heavy atom. The van der Waals surface area contributed by atoms with Gasteiger partial charge in [-0.25, -0.2) is 9.97 Å². The largest absolute Gasteiger partial charge is 0.359 e. The average molecular weight is 310 g/mol. The van der Waals surface area contributed by atoms with Crippen LogP contribution < -0.4 is 5.32 Å². The molecule has 2 heterocycles. The first-order valence-electron chi connectivity index (χ1n) is 7.23. The van der Waals surface area contributed by atoms with Crippen LogP contribution in [-0.2, 0) is 6.42 Å². The molecular formula is C15H23N3S2. The number of thiazole rings is 2. The molecule has 0 aliphatic rings. The van der Waals surface area contributed by atoms with Gasteiger partial charge in [0, 0.05) is 11.4 Å². The van der Waals surface area contributed by atoms with Crippen LogP contribution in [0.2, 0.25) is 0 Å². The van der Waals surface area contributed by atoms with Gasteiger partial charge in [0.15, 0.2) is 5.13 Å². The SMILES string of the molecule is CCCc1nc(C(C)C)c(-c2csc(NC(C)C)n2)s1. The Labute approximate surface area is 129 Å². The molecule has 0 aromatic carbocycles. The molecule has 2 aromatic heterocycles. The van der Waals surface area contributed by atoms with E-state index in [2.05, 4.69) is 45.3 Å². The number of nitrogens with one attached hydrogen (secondary N) is 1. The lowest BCUT2D eigenvalue weighted by Crippen LogP contribution is -2.08. The summed E-state index contributed by atoms with van der Waals surface area (Å²) in [5.74, 6) is 0.440. The van der Waals surface area contributed by atoms with Gasteiger partial charge in [-0.15, -0.1) is 22.7 Å². The minimum atomic E-state index is 0.413. The second kappa shape index (κ2) is 6.68. The molecule has 0 amide bonds. The maximum Gasteiger partial charge on any atom is 0.183 e. The van der Waals surface area contributed by atoms with Gasteiger partial charge in [-0.05, 0) is 32.6 Å². The highest BCUT2D eigenvalue weighted by atomic mass is 32.1. The molecule has 2 rings (SSSR count). The fourth-order valence-electron chi connectivity index (χ4n) is 1.96. The van der Waals surface area contributed by atoms with Gasteiger partial charge < -0.3 is 5.32 Å². The molecule has 0 unspecified atom stereocenters. The van der Waals surface area contributed by atoms with Crippen molar-refractivity contribution in [2.75, 3.05) is 5.32 Å². The third kappa shape index (κ3) is 3.58. The van der Waals surface area contributed by atoms with Crippen LogP contribution in [0.4, 0.5) is 5.13 Å². The Balaban J connectivity index is 2.32. The Morgan fingerprint density at radius 3 is 2.55 bits per heavy atom. The number of rotatable bonds is 6. The Hall–Kier alpha value is -0.940. The zero-order chi connectivity index (χ0) is 14.7. The van der Waals surface area contributed by atoms with Gasteiger partial charge in [-0.3, -0.25) is 0 Å². The van der Waals surface area contributed by atoms with Gasteiger partial charge in [0.05, 0.1) is 21.3 Å². The molecule has 0 aliphatic carbocycles. The Bertz CT molecular complexity index is 555. The fourth-order valence-corrected chi connectivity index (χ4v) is 4.17. The average Bonchev–Trinajstić information content (AvgIpc) is 2.95. The first-order chi connectivity index (χ1) is 9.51. The van der Waals surface area contributed by atoms with Crippen LogP contribution in [0.5, 0.6) is 0 Å². The van der Waals surface area contributed by atoms with Crippen LogP contribution in [0, 0.1) is 0 Å². The van der Waals surface area contributed by atoms with Crippen molar-refractivity contribution in [3.63, 3.8) is 0 Å². The Kier molecular flexibility index (Phi) is 5.16.